The summed E-state index contributed by atoms with van der Waals surface area (Å²) < 4.78 is 11.3. The van der Waals surface area contributed by atoms with Crippen molar-refractivity contribution in [2.24, 2.45) is 0 Å². The van der Waals surface area contributed by atoms with Crippen LogP contribution in [0, 0.1) is 0 Å². The van der Waals surface area contributed by atoms with Gasteiger partial charge in [0.25, 0.3) is 0 Å². The minimum Gasteiger partial charge on any atom is -0.394 e. The second-order valence-corrected chi connectivity index (χ2v) is 3.96. The normalized spacial score (nSPS) is 12.0. The lowest BCUT2D eigenvalue weighted by atomic mass is 10.5. The first kappa shape index (κ1) is 12.8. The van der Waals surface area contributed by atoms with Gasteiger partial charge in [-0.3, -0.25) is 0 Å². The third-order valence-corrected chi connectivity index (χ3v) is 1.51. The Kier molecular flexibility index (Phi) is 7.17. The summed E-state index contributed by atoms with van der Waals surface area (Å²) in [5.74, 6) is 0. The quantitative estimate of drug-likeness (QED) is 0.424. The van der Waals surface area contributed by atoms with E-state index in [1.807, 2.05) is 0 Å². The number of hydrogen-bond acceptors (Lipinski definition) is 3. The molecule has 0 aliphatic rings. The standard InChI is InChI=1S/C9H22NO3/c1-10(2,3)4-6-12-8-9-13-7-5-11/h11H,4-9H2,1-3H3/q+1. The Morgan fingerprint density at radius 2 is 1.46 bits per heavy atom. The molecule has 0 aliphatic carbocycles. The minimum atomic E-state index is 0.0822. The molecule has 0 radical (unpaired) electrons. The Morgan fingerprint density at radius 3 is 1.92 bits per heavy atom. The van der Waals surface area contributed by atoms with Crippen LogP contribution in [0.15, 0.2) is 0 Å². The summed E-state index contributed by atoms with van der Waals surface area (Å²) in [6, 6.07) is 0. The molecule has 0 aromatic carbocycles. The van der Waals surface area contributed by atoms with Crippen LogP contribution in [0.3, 0.4) is 0 Å². The fourth-order valence-corrected chi connectivity index (χ4v) is 0.725. The lowest BCUT2D eigenvalue weighted by Crippen LogP contribution is -2.37. The summed E-state index contributed by atoms with van der Waals surface area (Å²) in [4.78, 5) is 0. The fourth-order valence-electron chi connectivity index (χ4n) is 0.725. The third kappa shape index (κ3) is 11.8. The maximum atomic E-state index is 8.41. The summed E-state index contributed by atoms with van der Waals surface area (Å²) in [6.45, 7) is 3.42. The van der Waals surface area contributed by atoms with E-state index in [0.717, 1.165) is 17.6 Å². The van der Waals surface area contributed by atoms with Gasteiger partial charge in [0.1, 0.15) is 6.54 Å². The highest BCUT2D eigenvalue weighted by molar-refractivity contribution is 4.32. The molecule has 1 N–H and O–H groups in total. The largest absolute Gasteiger partial charge is 0.394 e. The molecule has 0 heterocycles. The zero-order valence-electron chi connectivity index (χ0n) is 8.95. The number of ether oxygens (including phenoxy) is 2. The van der Waals surface area contributed by atoms with E-state index in [4.69, 9.17) is 14.6 Å². The van der Waals surface area contributed by atoms with Gasteiger partial charge in [0.2, 0.25) is 0 Å². The first-order valence-electron chi connectivity index (χ1n) is 4.63. The van der Waals surface area contributed by atoms with Crippen LogP contribution in [-0.4, -0.2) is 70.3 Å². The Morgan fingerprint density at radius 1 is 0.923 bits per heavy atom. The van der Waals surface area contributed by atoms with Crippen LogP contribution < -0.4 is 0 Å². The van der Waals surface area contributed by atoms with Crippen molar-refractivity contribution < 1.29 is 19.1 Å². The SMILES string of the molecule is C[N+](C)(C)CCOCCOCCO. The zero-order valence-corrected chi connectivity index (χ0v) is 8.95. The summed E-state index contributed by atoms with van der Waals surface area (Å²) in [5.41, 5.74) is 0. The molecule has 0 saturated carbocycles. The number of rotatable bonds is 8. The summed E-state index contributed by atoms with van der Waals surface area (Å²) in [7, 11) is 6.39. The molecule has 0 aromatic heterocycles. The van der Waals surface area contributed by atoms with Crippen molar-refractivity contribution in [3.8, 4) is 0 Å². The zero-order chi connectivity index (χ0) is 10.2. The molecule has 4 nitrogen and oxygen atoms in total. The van der Waals surface area contributed by atoms with E-state index >= 15 is 0 Å². The van der Waals surface area contributed by atoms with Crippen molar-refractivity contribution >= 4 is 0 Å². The molecular weight excluding hydrogens is 170 g/mol. The first-order valence-corrected chi connectivity index (χ1v) is 4.63. The number of hydrogen-bond donors (Lipinski definition) is 1. The van der Waals surface area contributed by atoms with Gasteiger partial charge >= 0.3 is 0 Å². The van der Waals surface area contributed by atoms with Crippen molar-refractivity contribution in [1.82, 2.24) is 0 Å². The Hall–Kier alpha value is -0.160. The molecule has 0 bridgehead atoms. The molecule has 0 saturated heterocycles. The lowest BCUT2D eigenvalue weighted by molar-refractivity contribution is -0.870. The monoisotopic (exact) mass is 192 g/mol. The van der Waals surface area contributed by atoms with Crippen molar-refractivity contribution in [3.63, 3.8) is 0 Å². The van der Waals surface area contributed by atoms with Gasteiger partial charge in [-0.15, -0.1) is 0 Å². The topological polar surface area (TPSA) is 38.7 Å². The van der Waals surface area contributed by atoms with Gasteiger partial charge in [-0.1, -0.05) is 0 Å². The van der Waals surface area contributed by atoms with E-state index in [1.165, 1.54) is 0 Å². The van der Waals surface area contributed by atoms with Crippen molar-refractivity contribution in [1.29, 1.82) is 0 Å². The van der Waals surface area contributed by atoms with Gasteiger partial charge in [0.05, 0.1) is 54.2 Å². The highest BCUT2D eigenvalue weighted by Gasteiger charge is 2.05. The molecule has 0 unspecified atom stereocenters. The molecule has 0 spiro atoms. The number of nitrogens with zero attached hydrogens (tertiary/aromatic N) is 1. The summed E-state index contributed by atoms with van der Waals surface area (Å²) in [5, 5.41) is 8.41. The van der Waals surface area contributed by atoms with Crippen LogP contribution >= 0.6 is 0 Å². The van der Waals surface area contributed by atoms with Crippen LogP contribution in [-0.2, 0) is 9.47 Å². The van der Waals surface area contributed by atoms with Crippen LogP contribution in [0.5, 0.6) is 0 Å². The first-order chi connectivity index (χ1) is 6.06. The second kappa shape index (κ2) is 7.26. The van der Waals surface area contributed by atoms with Crippen molar-refractivity contribution in [2.45, 2.75) is 0 Å². The molecule has 0 atom stereocenters. The van der Waals surface area contributed by atoms with E-state index in [1.54, 1.807) is 0 Å². The van der Waals surface area contributed by atoms with Crippen LogP contribution in [0.4, 0.5) is 0 Å². The fraction of sp³-hybridized carbons (Fsp3) is 1.00. The van der Waals surface area contributed by atoms with E-state index in [-0.39, 0.29) is 6.61 Å². The van der Waals surface area contributed by atoms with Crippen LogP contribution in [0.1, 0.15) is 0 Å². The van der Waals surface area contributed by atoms with Gasteiger partial charge in [0.15, 0.2) is 0 Å². The number of aliphatic hydroxyl groups is 1. The predicted molar refractivity (Wildman–Crippen MR) is 51.6 cm³/mol. The van der Waals surface area contributed by atoms with Gasteiger partial charge in [-0.25, -0.2) is 0 Å². The number of aliphatic hydroxyl groups excluding tert-OH is 1. The van der Waals surface area contributed by atoms with Crippen molar-refractivity contribution in [3.05, 3.63) is 0 Å². The highest BCUT2D eigenvalue weighted by Crippen LogP contribution is 1.89. The van der Waals surface area contributed by atoms with Crippen LogP contribution in [0.2, 0.25) is 0 Å². The number of quaternary nitrogens is 1. The Bertz CT molecular complexity index is 112. The summed E-state index contributed by atoms with van der Waals surface area (Å²) >= 11 is 0. The van der Waals surface area contributed by atoms with E-state index in [2.05, 4.69) is 21.1 Å². The Balaban J connectivity index is 3.00. The van der Waals surface area contributed by atoms with Crippen molar-refractivity contribution in [2.75, 3.05) is 60.7 Å². The highest BCUT2D eigenvalue weighted by atomic mass is 16.5. The third-order valence-electron chi connectivity index (χ3n) is 1.51. The molecule has 0 rings (SSSR count). The molecule has 13 heavy (non-hydrogen) atoms. The molecular formula is C9H22NO3+. The second-order valence-electron chi connectivity index (χ2n) is 3.96. The van der Waals surface area contributed by atoms with Crippen LogP contribution in [0.25, 0.3) is 0 Å². The van der Waals surface area contributed by atoms with Gasteiger partial charge < -0.3 is 19.1 Å². The average molecular weight is 192 g/mol. The molecule has 0 fully saturated rings. The number of likely N-dealkylation sites (N-methyl/N-ethyl adjacent to an activating group) is 1. The van der Waals surface area contributed by atoms with E-state index < -0.39 is 0 Å². The molecule has 80 valence electrons. The average Bonchev–Trinajstić information content (AvgIpc) is 2.01. The van der Waals surface area contributed by atoms with E-state index in [9.17, 15) is 0 Å². The van der Waals surface area contributed by atoms with Gasteiger partial charge in [0, 0.05) is 0 Å². The maximum Gasteiger partial charge on any atom is 0.102 e. The maximum absolute atomic E-state index is 8.41. The molecule has 4 heteroatoms. The predicted octanol–water partition coefficient (Wildman–Crippen LogP) is -0.282. The minimum absolute atomic E-state index is 0.0822. The smallest absolute Gasteiger partial charge is 0.102 e. The Labute approximate surface area is 80.6 Å². The van der Waals surface area contributed by atoms with Gasteiger partial charge in [-0.05, 0) is 0 Å². The molecule has 0 amide bonds. The molecule has 0 aromatic rings. The summed E-state index contributed by atoms with van der Waals surface area (Å²) in [6.07, 6.45) is 0. The molecule has 0 aliphatic heterocycles. The lowest BCUT2D eigenvalue weighted by Gasteiger charge is -2.23. The van der Waals surface area contributed by atoms with E-state index in [0.29, 0.717) is 19.8 Å². The van der Waals surface area contributed by atoms with Gasteiger partial charge in [-0.2, -0.15) is 0 Å².